The van der Waals surface area contributed by atoms with Gasteiger partial charge in [-0.1, -0.05) is 58.3 Å². The van der Waals surface area contributed by atoms with Gasteiger partial charge < -0.3 is 17.3 Å². The van der Waals surface area contributed by atoms with Crippen LogP contribution in [0.4, 0.5) is 17.3 Å². The number of aryl methyl sites for hydroxylation is 2. The highest BCUT2D eigenvalue weighted by Crippen LogP contribution is 2.10. The highest BCUT2D eigenvalue weighted by Gasteiger charge is 2.20. The molecule has 1 heterocycles. The van der Waals surface area contributed by atoms with Gasteiger partial charge in [-0.15, -0.1) is 0 Å². The van der Waals surface area contributed by atoms with Crippen LogP contribution in [0.25, 0.3) is 0 Å². The SMILES string of the molecule is CCCCCCCCCCCC[n+]1ccn(C)c1.F[B-](F)(F)F. The van der Waals surface area contributed by atoms with Gasteiger partial charge in [0, 0.05) is 0 Å². The molecule has 0 unspecified atom stereocenters. The van der Waals surface area contributed by atoms with Crippen LogP contribution >= 0.6 is 0 Å². The van der Waals surface area contributed by atoms with E-state index in [1.807, 2.05) is 0 Å². The predicted octanol–water partition coefficient (Wildman–Crippen LogP) is 5.53. The maximum Gasteiger partial charge on any atom is 0.673 e. The van der Waals surface area contributed by atoms with Crippen LogP contribution in [0, 0.1) is 0 Å². The summed E-state index contributed by atoms with van der Waals surface area (Å²) in [6.07, 6.45) is 20.6. The van der Waals surface area contributed by atoms with E-state index < -0.39 is 7.25 Å². The Morgan fingerprint density at radius 3 is 1.65 bits per heavy atom. The molecule has 0 atom stereocenters. The third-order valence-electron chi connectivity index (χ3n) is 3.59. The largest absolute Gasteiger partial charge is 0.673 e. The molecule has 0 spiro atoms. The summed E-state index contributed by atoms with van der Waals surface area (Å²) < 4.78 is 43.4. The molecular formula is C16H31BF4N2. The Balaban J connectivity index is 0.000000841. The lowest BCUT2D eigenvalue weighted by molar-refractivity contribution is -0.696. The highest BCUT2D eigenvalue weighted by molar-refractivity contribution is 6.50. The fourth-order valence-corrected chi connectivity index (χ4v) is 2.42. The fourth-order valence-electron chi connectivity index (χ4n) is 2.42. The minimum absolute atomic E-state index is 1.18. The first kappa shape index (κ1) is 22.0. The van der Waals surface area contributed by atoms with Gasteiger partial charge in [-0.2, -0.15) is 0 Å². The zero-order chi connectivity index (χ0) is 17.6. The number of nitrogens with zero attached hydrogens (tertiary/aromatic N) is 2. The van der Waals surface area contributed by atoms with E-state index in [0.29, 0.717) is 0 Å². The monoisotopic (exact) mass is 338 g/mol. The number of hydrogen-bond acceptors (Lipinski definition) is 0. The van der Waals surface area contributed by atoms with Crippen LogP contribution in [-0.2, 0) is 13.6 Å². The van der Waals surface area contributed by atoms with Crippen molar-refractivity contribution in [2.75, 3.05) is 0 Å². The molecule has 0 fully saturated rings. The van der Waals surface area contributed by atoms with Crippen LogP contribution in [0.1, 0.15) is 71.1 Å². The Morgan fingerprint density at radius 2 is 1.26 bits per heavy atom. The van der Waals surface area contributed by atoms with Gasteiger partial charge in [-0.3, -0.25) is 0 Å². The highest BCUT2D eigenvalue weighted by atomic mass is 19.5. The molecule has 0 N–H and O–H groups in total. The van der Waals surface area contributed by atoms with Crippen molar-refractivity contribution < 1.29 is 21.8 Å². The first-order valence-electron chi connectivity index (χ1n) is 8.71. The van der Waals surface area contributed by atoms with Crippen LogP contribution in [-0.4, -0.2) is 11.8 Å². The van der Waals surface area contributed by atoms with Crippen molar-refractivity contribution in [1.82, 2.24) is 4.57 Å². The number of unbranched alkanes of at least 4 members (excludes halogenated alkanes) is 9. The third kappa shape index (κ3) is 18.9. The Bertz CT molecular complexity index is 374. The first-order chi connectivity index (χ1) is 10.8. The number of imidazole rings is 1. The van der Waals surface area contributed by atoms with Gasteiger partial charge in [-0.05, 0) is 12.8 Å². The first-order valence-corrected chi connectivity index (χ1v) is 8.71. The Hall–Kier alpha value is -1.01. The molecule has 1 rings (SSSR count). The minimum Gasteiger partial charge on any atom is -0.418 e. The number of hydrogen-bond donors (Lipinski definition) is 0. The Morgan fingerprint density at radius 1 is 0.826 bits per heavy atom. The molecule has 0 saturated heterocycles. The molecule has 0 radical (unpaired) electrons. The van der Waals surface area contributed by atoms with Crippen molar-refractivity contribution in [3.63, 3.8) is 0 Å². The van der Waals surface area contributed by atoms with E-state index in [0.717, 1.165) is 0 Å². The molecular weight excluding hydrogens is 307 g/mol. The number of halogens is 4. The molecule has 1 aromatic heterocycles. The van der Waals surface area contributed by atoms with Gasteiger partial charge >= 0.3 is 7.25 Å². The van der Waals surface area contributed by atoms with Gasteiger partial charge in [0.15, 0.2) is 0 Å². The lowest BCUT2D eigenvalue weighted by Gasteiger charge is -2.01. The van der Waals surface area contributed by atoms with Crippen molar-refractivity contribution >= 4 is 7.25 Å². The molecule has 0 aliphatic heterocycles. The summed E-state index contributed by atoms with van der Waals surface area (Å²) >= 11 is 0. The quantitative estimate of drug-likeness (QED) is 0.217. The fraction of sp³-hybridized carbons (Fsp3) is 0.812. The van der Waals surface area contributed by atoms with Crippen LogP contribution in [0.3, 0.4) is 0 Å². The molecule has 1 aromatic rings. The predicted molar refractivity (Wildman–Crippen MR) is 87.6 cm³/mol. The lowest BCUT2D eigenvalue weighted by Crippen LogP contribution is -2.30. The summed E-state index contributed by atoms with van der Waals surface area (Å²) in [7, 11) is -3.92. The molecule has 0 aliphatic carbocycles. The van der Waals surface area contributed by atoms with Crippen LogP contribution < -0.4 is 4.57 Å². The minimum atomic E-state index is -6.00. The standard InChI is InChI=1S/C16H31N2.BF4/c1-3-4-5-6-7-8-9-10-11-12-13-18-15-14-17(2)16-18;2-1(3,4)5/h14-16H,3-13H2,1-2H3;/q+1;-1. The summed E-state index contributed by atoms with van der Waals surface area (Å²) in [6.45, 7) is 3.46. The Kier molecular flexibility index (Phi) is 12.8. The normalized spacial score (nSPS) is 11.2. The Labute approximate surface area is 138 Å². The second-order valence-electron chi connectivity index (χ2n) is 5.99. The van der Waals surface area contributed by atoms with Crippen molar-refractivity contribution in [3.8, 4) is 0 Å². The van der Waals surface area contributed by atoms with E-state index in [4.69, 9.17) is 0 Å². The summed E-state index contributed by atoms with van der Waals surface area (Å²) in [5.74, 6) is 0. The molecule has 0 bridgehead atoms. The third-order valence-corrected chi connectivity index (χ3v) is 3.59. The van der Waals surface area contributed by atoms with E-state index in [2.05, 4.69) is 41.8 Å². The summed E-state index contributed by atoms with van der Waals surface area (Å²) in [5.41, 5.74) is 0. The molecule has 2 nitrogen and oxygen atoms in total. The number of rotatable bonds is 11. The molecule has 0 aliphatic rings. The van der Waals surface area contributed by atoms with E-state index >= 15 is 0 Å². The van der Waals surface area contributed by atoms with E-state index in [1.165, 1.54) is 70.8 Å². The summed E-state index contributed by atoms with van der Waals surface area (Å²) in [6, 6.07) is 0. The summed E-state index contributed by atoms with van der Waals surface area (Å²) in [5, 5.41) is 0. The van der Waals surface area contributed by atoms with Gasteiger partial charge in [0.1, 0.15) is 12.4 Å². The zero-order valence-corrected chi connectivity index (χ0v) is 14.5. The lowest BCUT2D eigenvalue weighted by atomic mass is 10.1. The molecule has 0 saturated carbocycles. The second-order valence-corrected chi connectivity index (χ2v) is 5.99. The van der Waals surface area contributed by atoms with Crippen molar-refractivity contribution in [3.05, 3.63) is 18.7 Å². The second kappa shape index (κ2) is 13.4. The average Bonchev–Trinajstić information content (AvgIpc) is 2.85. The van der Waals surface area contributed by atoms with E-state index in [-0.39, 0.29) is 0 Å². The molecule has 0 amide bonds. The van der Waals surface area contributed by atoms with Gasteiger partial charge in [0.25, 0.3) is 0 Å². The van der Waals surface area contributed by atoms with E-state index in [1.54, 1.807) is 0 Å². The summed E-state index contributed by atoms with van der Waals surface area (Å²) in [4.78, 5) is 0. The van der Waals surface area contributed by atoms with Crippen LogP contribution in [0.2, 0.25) is 0 Å². The van der Waals surface area contributed by atoms with Crippen LogP contribution in [0.5, 0.6) is 0 Å². The topological polar surface area (TPSA) is 8.81 Å². The molecule has 136 valence electrons. The smallest absolute Gasteiger partial charge is 0.418 e. The average molecular weight is 338 g/mol. The van der Waals surface area contributed by atoms with Gasteiger partial charge in [0.05, 0.1) is 13.6 Å². The number of aromatic nitrogens is 2. The van der Waals surface area contributed by atoms with Crippen LogP contribution in [0.15, 0.2) is 18.7 Å². The van der Waals surface area contributed by atoms with E-state index in [9.17, 15) is 17.3 Å². The maximum atomic E-state index is 9.75. The molecule has 23 heavy (non-hydrogen) atoms. The molecule has 0 aromatic carbocycles. The van der Waals surface area contributed by atoms with Crippen molar-refractivity contribution in [2.24, 2.45) is 7.05 Å². The van der Waals surface area contributed by atoms with Crippen molar-refractivity contribution in [1.29, 1.82) is 0 Å². The maximum absolute atomic E-state index is 9.75. The molecule has 7 heteroatoms. The van der Waals surface area contributed by atoms with Gasteiger partial charge in [-0.25, -0.2) is 9.13 Å². The van der Waals surface area contributed by atoms with Gasteiger partial charge in [0.2, 0.25) is 6.33 Å². The zero-order valence-electron chi connectivity index (χ0n) is 14.5. The van der Waals surface area contributed by atoms with Crippen molar-refractivity contribution in [2.45, 2.75) is 77.7 Å².